The average Bonchev–Trinajstić information content (AvgIpc) is 3.26. The van der Waals surface area contributed by atoms with Gasteiger partial charge in [0.2, 0.25) is 0 Å². The third-order valence-corrected chi connectivity index (χ3v) is 4.50. The number of carbonyl (C=O) groups excluding carboxylic acids is 1. The van der Waals surface area contributed by atoms with E-state index in [-0.39, 0.29) is 12.1 Å². The van der Waals surface area contributed by atoms with Crippen LogP contribution in [0.4, 0.5) is 10.5 Å². The van der Waals surface area contributed by atoms with E-state index < -0.39 is 0 Å². The smallest absolute Gasteiger partial charge is 0.322 e. The van der Waals surface area contributed by atoms with E-state index in [1.807, 2.05) is 42.2 Å². The van der Waals surface area contributed by atoms with Gasteiger partial charge in [0.1, 0.15) is 23.9 Å². The normalized spacial score (nSPS) is 16.9. The molecule has 2 heterocycles. The SMILES string of the molecule is COCc1ccc([C@H]2CCCN2C(=O)Nc2cc(OC)ccc2C)o1. The molecule has 0 aliphatic carbocycles. The predicted molar refractivity (Wildman–Crippen MR) is 94.9 cm³/mol. The molecule has 0 unspecified atom stereocenters. The molecule has 1 atom stereocenters. The molecule has 0 radical (unpaired) electrons. The summed E-state index contributed by atoms with van der Waals surface area (Å²) in [4.78, 5) is 14.6. The van der Waals surface area contributed by atoms with Crippen LogP contribution in [0, 0.1) is 6.92 Å². The van der Waals surface area contributed by atoms with Gasteiger partial charge in [-0.2, -0.15) is 0 Å². The number of amides is 2. The first-order valence-electron chi connectivity index (χ1n) is 8.42. The maximum absolute atomic E-state index is 12.8. The fourth-order valence-corrected chi connectivity index (χ4v) is 3.15. The lowest BCUT2D eigenvalue weighted by Crippen LogP contribution is -2.34. The molecule has 1 N–H and O–H groups in total. The molecule has 1 aromatic heterocycles. The number of benzene rings is 1. The molecule has 1 fully saturated rings. The summed E-state index contributed by atoms with van der Waals surface area (Å²) < 4.78 is 16.2. The van der Waals surface area contributed by atoms with Crippen molar-refractivity contribution < 1.29 is 18.7 Å². The Balaban J connectivity index is 1.74. The molecule has 6 nitrogen and oxygen atoms in total. The molecule has 1 aliphatic heterocycles. The van der Waals surface area contributed by atoms with Crippen LogP contribution in [-0.2, 0) is 11.3 Å². The first-order chi connectivity index (χ1) is 12.1. The number of carbonyl (C=O) groups is 1. The van der Waals surface area contributed by atoms with E-state index in [1.165, 1.54) is 0 Å². The summed E-state index contributed by atoms with van der Waals surface area (Å²) >= 11 is 0. The molecular formula is C19H24N2O4. The Kier molecular flexibility index (Phi) is 5.28. The van der Waals surface area contributed by atoms with Crippen molar-refractivity contribution >= 4 is 11.7 Å². The minimum absolute atomic E-state index is 0.0449. The molecule has 6 heteroatoms. The molecule has 2 amide bonds. The van der Waals surface area contributed by atoms with Crippen molar-refractivity contribution in [2.75, 3.05) is 26.1 Å². The number of nitrogens with zero attached hydrogens (tertiary/aromatic N) is 1. The summed E-state index contributed by atoms with van der Waals surface area (Å²) in [6, 6.07) is 9.31. The summed E-state index contributed by atoms with van der Waals surface area (Å²) in [6.07, 6.45) is 1.85. The third-order valence-electron chi connectivity index (χ3n) is 4.50. The topological polar surface area (TPSA) is 63.9 Å². The zero-order valence-electron chi connectivity index (χ0n) is 14.9. The van der Waals surface area contributed by atoms with Crippen LogP contribution in [0.15, 0.2) is 34.7 Å². The van der Waals surface area contributed by atoms with E-state index in [2.05, 4.69) is 5.32 Å². The summed E-state index contributed by atoms with van der Waals surface area (Å²) in [5, 5.41) is 3.00. The van der Waals surface area contributed by atoms with Crippen LogP contribution < -0.4 is 10.1 Å². The molecule has 134 valence electrons. The third kappa shape index (κ3) is 3.79. The fourth-order valence-electron chi connectivity index (χ4n) is 3.15. The zero-order valence-corrected chi connectivity index (χ0v) is 14.9. The molecule has 3 rings (SSSR count). The number of hydrogen-bond donors (Lipinski definition) is 1. The van der Waals surface area contributed by atoms with Gasteiger partial charge in [0.25, 0.3) is 0 Å². The number of furan rings is 1. The van der Waals surface area contributed by atoms with Crippen LogP contribution in [0.1, 0.15) is 36.0 Å². The molecule has 0 saturated carbocycles. The van der Waals surface area contributed by atoms with Crippen molar-refractivity contribution in [3.05, 3.63) is 47.4 Å². The van der Waals surface area contributed by atoms with Crippen molar-refractivity contribution in [3.63, 3.8) is 0 Å². The average molecular weight is 344 g/mol. The minimum atomic E-state index is -0.122. The van der Waals surface area contributed by atoms with Gasteiger partial charge in [-0.05, 0) is 43.5 Å². The van der Waals surface area contributed by atoms with Gasteiger partial charge in [0.05, 0.1) is 13.2 Å². The largest absolute Gasteiger partial charge is 0.497 e. The number of ether oxygens (including phenoxy) is 2. The minimum Gasteiger partial charge on any atom is -0.497 e. The van der Waals surface area contributed by atoms with E-state index in [0.717, 1.165) is 35.6 Å². The van der Waals surface area contributed by atoms with E-state index in [0.29, 0.717) is 18.9 Å². The number of rotatable bonds is 5. The van der Waals surface area contributed by atoms with Gasteiger partial charge >= 0.3 is 6.03 Å². The Morgan fingerprint density at radius 2 is 2.16 bits per heavy atom. The summed E-state index contributed by atoms with van der Waals surface area (Å²) in [7, 11) is 3.25. The highest BCUT2D eigenvalue weighted by Crippen LogP contribution is 2.34. The number of anilines is 1. The Morgan fingerprint density at radius 1 is 1.32 bits per heavy atom. The molecular weight excluding hydrogens is 320 g/mol. The van der Waals surface area contributed by atoms with Crippen molar-refractivity contribution in [2.24, 2.45) is 0 Å². The highest BCUT2D eigenvalue weighted by Gasteiger charge is 2.32. The maximum Gasteiger partial charge on any atom is 0.322 e. The van der Waals surface area contributed by atoms with Crippen molar-refractivity contribution in [1.29, 1.82) is 0 Å². The number of methoxy groups -OCH3 is 2. The Labute approximate surface area is 147 Å². The van der Waals surface area contributed by atoms with Crippen LogP contribution in [0.25, 0.3) is 0 Å². The molecule has 0 bridgehead atoms. The van der Waals surface area contributed by atoms with E-state index in [1.54, 1.807) is 14.2 Å². The second kappa shape index (κ2) is 7.61. The van der Waals surface area contributed by atoms with Gasteiger partial charge in [-0.25, -0.2) is 4.79 Å². The van der Waals surface area contributed by atoms with Gasteiger partial charge in [0, 0.05) is 25.4 Å². The maximum atomic E-state index is 12.8. The van der Waals surface area contributed by atoms with Crippen LogP contribution in [0.3, 0.4) is 0 Å². The highest BCUT2D eigenvalue weighted by atomic mass is 16.5. The lowest BCUT2D eigenvalue weighted by Gasteiger charge is -2.24. The Bertz CT molecular complexity index is 741. The summed E-state index contributed by atoms with van der Waals surface area (Å²) in [5.41, 5.74) is 1.75. The summed E-state index contributed by atoms with van der Waals surface area (Å²) in [6.45, 7) is 3.10. The summed E-state index contributed by atoms with van der Waals surface area (Å²) in [5.74, 6) is 2.30. The fraction of sp³-hybridized carbons (Fsp3) is 0.421. The van der Waals surface area contributed by atoms with Gasteiger partial charge in [-0.1, -0.05) is 6.07 Å². The number of hydrogen-bond acceptors (Lipinski definition) is 4. The lowest BCUT2D eigenvalue weighted by atomic mass is 10.1. The van der Waals surface area contributed by atoms with Crippen molar-refractivity contribution in [3.8, 4) is 5.75 Å². The number of nitrogens with one attached hydrogen (secondary N) is 1. The van der Waals surface area contributed by atoms with Crippen LogP contribution >= 0.6 is 0 Å². The standard InChI is InChI=1S/C19H24N2O4/c1-13-6-7-14(24-3)11-16(13)20-19(22)21-10-4-5-17(21)18-9-8-15(25-18)12-23-2/h6-9,11,17H,4-5,10,12H2,1-3H3,(H,20,22)/t17-/m1/s1. The van der Waals surface area contributed by atoms with Crippen LogP contribution in [-0.4, -0.2) is 31.7 Å². The van der Waals surface area contributed by atoms with Gasteiger partial charge in [-0.3, -0.25) is 0 Å². The monoisotopic (exact) mass is 344 g/mol. The number of aryl methyl sites for hydroxylation is 1. The molecule has 25 heavy (non-hydrogen) atoms. The van der Waals surface area contributed by atoms with Crippen molar-refractivity contribution in [2.45, 2.75) is 32.4 Å². The molecule has 0 spiro atoms. The molecule has 2 aromatic rings. The number of urea groups is 1. The van der Waals surface area contributed by atoms with Gasteiger partial charge < -0.3 is 24.1 Å². The molecule has 1 aliphatic rings. The second-order valence-electron chi connectivity index (χ2n) is 6.20. The number of likely N-dealkylation sites (tertiary alicyclic amines) is 1. The van der Waals surface area contributed by atoms with E-state index in [9.17, 15) is 4.79 Å². The van der Waals surface area contributed by atoms with E-state index >= 15 is 0 Å². The predicted octanol–water partition coefficient (Wildman–Crippen LogP) is 4.11. The quantitative estimate of drug-likeness (QED) is 0.886. The van der Waals surface area contributed by atoms with Crippen LogP contribution in [0.5, 0.6) is 5.75 Å². The first-order valence-corrected chi connectivity index (χ1v) is 8.42. The van der Waals surface area contributed by atoms with Crippen molar-refractivity contribution in [1.82, 2.24) is 4.90 Å². The van der Waals surface area contributed by atoms with E-state index in [4.69, 9.17) is 13.9 Å². The Hall–Kier alpha value is -2.47. The molecule has 1 aromatic carbocycles. The molecule has 1 saturated heterocycles. The second-order valence-corrected chi connectivity index (χ2v) is 6.20. The Morgan fingerprint density at radius 3 is 2.92 bits per heavy atom. The van der Waals surface area contributed by atoms with Gasteiger partial charge in [0.15, 0.2) is 0 Å². The highest BCUT2D eigenvalue weighted by molar-refractivity contribution is 5.90. The first kappa shape index (κ1) is 17.4. The zero-order chi connectivity index (χ0) is 17.8. The van der Waals surface area contributed by atoms with Crippen LogP contribution in [0.2, 0.25) is 0 Å². The van der Waals surface area contributed by atoms with Gasteiger partial charge in [-0.15, -0.1) is 0 Å². The lowest BCUT2D eigenvalue weighted by molar-refractivity contribution is 0.157.